The molecule has 2 N–H and O–H groups in total. The molecule has 0 atom stereocenters. The zero-order valence-corrected chi connectivity index (χ0v) is 11.9. The molecule has 0 radical (unpaired) electrons. The molecule has 3 aromatic rings. The van der Waals surface area contributed by atoms with E-state index in [1.807, 2.05) is 24.3 Å². The van der Waals surface area contributed by atoms with Crippen molar-refractivity contribution in [2.45, 2.75) is 6.42 Å². The predicted octanol–water partition coefficient (Wildman–Crippen LogP) is 1.18. The minimum absolute atomic E-state index is 0. The number of carbonyl (C=O) groups excluding carboxylic acids is 1. The molecule has 2 aromatic heterocycles. The number of nitrogens with zero attached hydrogens (tertiary/aromatic N) is 2. The first-order valence-corrected chi connectivity index (χ1v) is 6.00. The number of fused-ring (bicyclic) bond motifs is 1. The fourth-order valence-corrected chi connectivity index (χ4v) is 1.97. The molecule has 7 nitrogen and oxygen atoms in total. The Morgan fingerprint density at radius 2 is 2.14 bits per heavy atom. The van der Waals surface area contributed by atoms with Crippen molar-refractivity contribution < 1.29 is 9.53 Å². The molecule has 0 aliphatic heterocycles. The van der Waals surface area contributed by atoms with Gasteiger partial charge in [-0.05, 0) is 12.1 Å². The molecule has 3 rings (SSSR count). The summed E-state index contributed by atoms with van der Waals surface area (Å²) < 4.78 is 5.83. The molecule has 110 valence electrons. The van der Waals surface area contributed by atoms with E-state index >= 15 is 0 Å². The van der Waals surface area contributed by atoms with Crippen LogP contribution in [0.1, 0.15) is 5.69 Å². The number of methoxy groups -OCH3 is 1. The molecule has 8 heteroatoms. The Kier molecular flexibility index (Phi) is 4.13. The van der Waals surface area contributed by atoms with Gasteiger partial charge in [0.25, 0.3) is 5.56 Å². The number of H-pyrrole nitrogens is 2. The fraction of sp³-hybridized carbons (Fsp3) is 0.154. The van der Waals surface area contributed by atoms with Gasteiger partial charge < -0.3 is 9.72 Å². The topological polar surface area (TPSA) is 92.8 Å². The average Bonchev–Trinajstić information content (AvgIpc) is 3.01. The highest BCUT2D eigenvalue weighted by Crippen LogP contribution is 2.11. The Hall–Kier alpha value is -2.54. The highest BCUT2D eigenvalue weighted by atomic mass is 35.5. The van der Waals surface area contributed by atoms with Crippen molar-refractivity contribution in [2.24, 2.45) is 0 Å². The van der Waals surface area contributed by atoms with Crippen molar-refractivity contribution in [3.63, 3.8) is 0 Å². The second kappa shape index (κ2) is 5.84. The van der Waals surface area contributed by atoms with E-state index in [0.717, 1.165) is 11.0 Å². The monoisotopic (exact) mass is 308 g/mol. The molecule has 0 spiro atoms. The Balaban J connectivity index is 0.00000161. The van der Waals surface area contributed by atoms with Crippen molar-refractivity contribution in [1.29, 1.82) is 0 Å². The van der Waals surface area contributed by atoms with E-state index in [0.29, 0.717) is 11.6 Å². The second-order valence-electron chi connectivity index (χ2n) is 4.29. The van der Waals surface area contributed by atoms with Crippen LogP contribution < -0.4 is 5.56 Å². The van der Waals surface area contributed by atoms with Crippen molar-refractivity contribution in [3.05, 3.63) is 46.4 Å². The Labute approximate surface area is 125 Å². The number of aromatic amines is 2. The summed E-state index contributed by atoms with van der Waals surface area (Å²) in [5.41, 5.74) is 1.78. The molecule has 0 fully saturated rings. The third kappa shape index (κ3) is 2.82. The van der Waals surface area contributed by atoms with Crippen molar-refractivity contribution in [3.8, 4) is 5.95 Å². The van der Waals surface area contributed by atoms with E-state index in [-0.39, 0.29) is 24.4 Å². The van der Waals surface area contributed by atoms with Gasteiger partial charge in [0, 0.05) is 11.8 Å². The van der Waals surface area contributed by atoms with Crippen LogP contribution in [-0.4, -0.2) is 32.8 Å². The van der Waals surface area contributed by atoms with Gasteiger partial charge in [-0.15, -0.1) is 12.4 Å². The molecule has 2 heterocycles. The smallest absolute Gasteiger partial charge is 0.311 e. The van der Waals surface area contributed by atoms with Gasteiger partial charge in [-0.1, -0.05) is 12.1 Å². The van der Waals surface area contributed by atoms with Crippen molar-refractivity contribution in [1.82, 2.24) is 19.7 Å². The first-order chi connectivity index (χ1) is 9.67. The van der Waals surface area contributed by atoms with Crippen LogP contribution >= 0.6 is 12.4 Å². The van der Waals surface area contributed by atoms with Crippen LogP contribution in [0.15, 0.2) is 35.1 Å². The van der Waals surface area contributed by atoms with E-state index < -0.39 is 5.97 Å². The molecule has 0 saturated carbocycles. The number of halogens is 1. The number of hydrogen-bond donors (Lipinski definition) is 2. The van der Waals surface area contributed by atoms with Gasteiger partial charge in [-0.3, -0.25) is 14.7 Å². The molecule has 0 aliphatic rings. The zero-order chi connectivity index (χ0) is 14.1. The summed E-state index contributed by atoms with van der Waals surface area (Å²) >= 11 is 0. The maximum atomic E-state index is 11.9. The predicted molar refractivity (Wildman–Crippen MR) is 79.0 cm³/mol. The first kappa shape index (κ1) is 14.9. The van der Waals surface area contributed by atoms with E-state index in [1.165, 1.54) is 17.9 Å². The minimum Gasteiger partial charge on any atom is -0.469 e. The molecular formula is C13H13ClN4O3. The maximum absolute atomic E-state index is 11.9. The number of para-hydroxylation sites is 2. The number of carbonyl (C=O) groups is 1. The Morgan fingerprint density at radius 3 is 2.86 bits per heavy atom. The molecule has 0 bridgehead atoms. The first-order valence-electron chi connectivity index (χ1n) is 6.00. The Bertz CT molecular complexity index is 800. The van der Waals surface area contributed by atoms with Crippen LogP contribution in [0.5, 0.6) is 0 Å². The number of rotatable bonds is 3. The average molecular weight is 309 g/mol. The van der Waals surface area contributed by atoms with Crippen molar-refractivity contribution in [2.75, 3.05) is 7.11 Å². The van der Waals surface area contributed by atoms with Gasteiger partial charge >= 0.3 is 5.97 Å². The zero-order valence-electron chi connectivity index (χ0n) is 11.1. The van der Waals surface area contributed by atoms with E-state index in [4.69, 9.17) is 0 Å². The lowest BCUT2D eigenvalue weighted by atomic mass is 10.3. The van der Waals surface area contributed by atoms with Gasteiger partial charge in [-0.25, -0.2) is 4.98 Å². The lowest BCUT2D eigenvalue weighted by Crippen LogP contribution is -2.14. The summed E-state index contributed by atoms with van der Waals surface area (Å²) in [4.78, 5) is 30.5. The lowest BCUT2D eigenvalue weighted by Gasteiger charge is -1.97. The van der Waals surface area contributed by atoms with E-state index in [1.54, 1.807) is 0 Å². The summed E-state index contributed by atoms with van der Waals surface area (Å²) in [5.74, 6) is -0.0321. The van der Waals surface area contributed by atoms with Gasteiger partial charge in [0.15, 0.2) is 0 Å². The van der Waals surface area contributed by atoms with Crippen LogP contribution in [-0.2, 0) is 16.0 Å². The standard InChI is InChI=1S/C13H12N4O3.ClH/c1-20-12(19)7-8-6-11(18)17(16-8)13-14-9-4-2-3-5-10(9)15-13;/h2-6,16H,7H2,1H3,(H,14,15);1H. The normalized spacial score (nSPS) is 10.3. The van der Waals surface area contributed by atoms with Crippen LogP contribution in [0.2, 0.25) is 0 Å². The lowest BCUT2D eigenvalue weighted by molar-refractivity contribution is -0.139. The summed E-state index contributed by atoms with van der Waals surface area (Å²) in [7, 11) is 1.30. The van der Waals surface area contributed by atoms with Gasteiger partial charge in [0.2, 0.25) is 5.95 Å². The molecule has 0 unspecified atom stereocenters. The number of nitrogens with one attached hydrogen (secondary N) is 2. The van der Waals surface area contributed by atoms with Crippen LogP contribution in [0.25, 0.3) is 17.0 Å². The number of imidazole rings is 1. The molecule has 21 heavy (non-hydrogen) atoms. The summed E-state index contributed by atoms with van der Waals surface area (Å²) in [6.45, 7) is 0. The highest BCUT2D eigenvalue weighted by molar-refractivity contribution is 5.85. The third-order valence-electron chi connectivity index (χ3n) is 2.92. The van der Waals surface area contributed by atoms with Crippen LogP contribution in [0, 0.1) is 0 Å². The van der Waals surface area contributed by atoms with Gasteiger partial charge in [-0.2, -0.15) is 4.68 Å². The Morgan fingerprint density at radius 1 is 1.38 bits per heavy atom. The maximum Gasteiger partial charge on any atom is 0.311 e. The molecular weight excluding hydrogens is 296 g/mol. The van der Waals surface area contributed by atoms with Gasteiger partial charge in [0.1, 0.15) is 0 Å². The van der Waals surface area contributed by atoms with Crippen LogP contribution in [0.3, 0.4) is 0 Å². The highest BCUT2D eigenvalue weighted by Gasteiger charge is 2.11. The molecule has 0 saturated heterocycles. The number of esters is 1. The molecule has 1 aromatic carbocycles. The van der Waals surface area contributed by atoms with Crippen LogP contribution in [0.4, 0.5) is 0 Å². The fourth-order valence-electron chi connectivity index (χ4n) is 1.97. The third-order valence-corrected chi connectivity index (χ3v) is 2.92. The number of aromatic nitrogens is 4. The summed E-state index contributed by atoms with van der Waals surface area (Å²) in [5, 5.41) is 2.83. The second-order valence-corrected chi connectivity index (χ2v) is 4.29. The minimum atomic E-state index is -0.414. The number of hydrogen-bond acceptors (Lipinski definition) is 4. The molecule has 0 aliphatic carbocycles. The van der Waals surface area contributed by atoms with E-state index in [9.17, 15) is 9.59 Å². The molecule has 0 amide bonds. The van der Waals surface area contributed by atoms with E-state index in [2.05, 4.69) is 19.8 Å². The summed E-state index contributed by atoms with van der Waals surface area (Å²) in [6, 6.07) is 8.82. The SMILES string of the molecule is COC(=O)Cc1cc(=O)n(-c2nc3ccccc3[nH]2)[nH]1.Cl. The number of benzene rings is 1. The van der Waals surface area contributed by atoms with Gasteiger partial charge in [0.05, 0.1) is 24.6 Å². The largest absolute Gasteiger partial charge is 0.469 e. The van der Waals surface area contributed by atoms with Crippen molar-refractivity contribution >= 4 is 29.4 Å². The summed E-state index contributed by atoms with van der Waals surface area (Å²) in [6.07, 6.45) is 0.0129. The number of ether oxygens (including phenoxy) is 1. The quantitative estimate of drug-likeness (QED) is 0.711.